The van der Waals surface area contributed by atoms with Crippen LogP contribution < -0.4 is 0 Å². The summed E-state index contributed by atoms with van der Waals surface area (Å²) in [6, 6.07) is -0.702. The molecule has 2 rings (SSSR count). The molecule has 1 N–H and O–H groups in total. The number of fused-ring (bicyclic) bond motifs is 1. The Balaban J connectivity index is 2.16. The minimum atomic E-state index is -1.16. The first kappa shape index (κ1) is 13.9. The van der Waals surface area contributed by atoms with Crippen LogP contribution in [0.3, 0.4) is 0 Å². The van der Waals surface area contributed by atoms with E-state index in [1.807, 2.05) is 0 Å². The minimum Gasteiger partial charge on any atom is -0.443 e. The van der Waals surface area contributed by atoms with E-state index in [9.17, 15) is 14.7 Å². The van der Waals surface area contributed by atoms with E-state index in [0.717, 1.165) is 4.90 Å². The summed E-state index contributed by atoms with van der Waals surface area (Å²) >= 11 is 11.9. The van der Waals surface area contributed by atoms with E-state index in [1.54, 1.807) is 20.8 Å². The molecule has 0 aromatic rings. The Morgan fingerprint density at radius 2 is 2.06 bits per heavy atom. The number of aliphatic hydroxyl groups excluding tert-OH is 1. The summed E-state index contributed by atoms with van der Waals surface area (Å²) in [5, 5.41) is 9.31. The maximum absolute atomic E-state index is 12.0. The van der Waals surface area contributed by atoms with E-state index in [0.29, 0.717) is 0 Å². The number of ether oxygens (including phenoxy) is 1. The van der Waals surface area contributed by atoms with Gasteiger partial charge < -0.3 is 9.84 Å². The van der Waals surface area contributed by atoms with E-state index in [-0.39, 0.29) is 6.61 Å². The topological polar surface area (TPSA) is 66.8 Å². The van der Waals surface area contributed by atoms with Gasteiger partial charge in [-0.2, -0.15) is 0 Å². The Kier molecular flexibility index (Phi) is 3.08. The highest BCUT2D eigenvalue weighted by molar-refractivity contribution is 6.53. The number of alkyl halides is 2. The molecule has 0 spiro atoms. The lowest BCUT2D eigenvalue weighted by Gasteiger charge is -2.29. The lowest BCUT2D eigenvalue weighted by atomic mass is 10.2. The largest absolute Gasteiger partial charge is 0.443 e. The Labute approximate surface area is 115 Å². The van der Waals surface area contributed by atoms with Crippen molar-refractivity contribution in [3.63, 3.8) is 0 Å². The molecule has 3 unspecified atom stereocenters. The molecule has 2 aliphatic rings. The van der Waals surface area contributed by atoms with Crippen LogP contribution in [-0.2, 0) is 9.53 Å². The van der Waals surface area contributed by atoms with E-state index in [1.165, 1.54) is 0 Å². The number of amides is 2. The van der Waals surface area contributed by atoms with Crippen molar-refractivity contribution in [2.24, 2.45) is 11.8 Å². The molecule has 2 amide bonds. The SMILES string of the molecule is CC(C)(C)OC(=O)N1C(=O)C2C(C1CO)C2(Cl)Cl. The van der Waals surface area contributed by atoms with Crippen LogP contribution in [0.5, 0.6) is 0 Å². The zero-order chi connectivity index (χ0) is 13.9. The van der Waals surface area contributed by atoms with Gasteiger partial charge in [0.1, 0.15) is 9.93 Å². The van der Waals surface area contributed by atoms with Crippen molar-refractivity contribution in [1.82, 2.24) is 4.90 Å². The van der Waals surface area contributed by atoms with Crippen molar-refractivity contribution in [3.8, 4) is 0 Å². The lowest BCUT2D eigenvalue weighted by molar-refractivity contribution is -0.131. The number of nitrogens with zero attached hydrogens (tertiary/aromatic N) is 1. The number of likely N-dealkylation sites (tertiary alicyclic amines) is 1. The van der Waals surface area contributed by atoms with Gasteiger partial charge in [0, 0.05) is 5.92 Å². The average molecular weight is 296 g/mol. The number of hydrogen-bond acceptors (Lipinski definition) is 4. The number of carbonyl (C=O) groups excluding carboxylic acids is 2. The first-order chi connectivity index (χ1) is 8.11. The molecule has 1 saturated carbocycles. The molecule has 3 atom stereocenters. The summed E-state index contributed by atoms with van der Waals surface area (Å²) in [5.74, 6) is -1.50. The molecule has 1 saturated heterocycles. The zero-order valence-corrected chi connectivity index (χ0v) is 11.8. The van der Waals surface area contributed by atoms with Crippen LogP contribution in [0.4, 0.5) is 4.79 Å². The van der Waals surface area contributed by atoms with Crippen LogP contribution in [0.25, 0.3) is 0 Å². The molecule has 102 valence electrons. The fourth-order valence-electron chi connectivity index (χ4n) is 2.35. The van der Waals surface area contributed by atoms with Crippen molar-refractivity contribution < 1.29 is 19.4 Å². The average Bonchev–Trinajstić information content (AvgIpc) is 2.60. The maximum atomic E-state index is 12.0. The molecule has 0 aromatic heterocycles. The standard InChI is InChI=1S/C11H15Cl2NO4/c1-10(2,3)18-9(17)14-5(4-15)6-7(8(14)16)11(6,12)13/h5-7,15H,4H2,1-3H3. The van der Waals surface area contributed by atoms with Crippen molar-refractivity contribution in [2.75, 3.05) is 6.61 Å². The Hall–Kier alpha value is -0.520. The summed E-state index contributed by atoms with van der Waals surface area (Å²) < 4.78 is 3.97. The van der Waals surface area contributed by atoms with Crippen molar-refractivity contribution in [2.45, 2.75) is 36.7 Å². The second-order valence-electron chi connectivity index (χ2n) is 5.62. The van der Waals surface area contributed by atoms with Gasteiger partial charge in [-0.05, 0) is 20.8 Å². The number of halogens is 2. The van der Waals surface area contributed by atoms with Gasteiger partial charge >= 0.3 is 6.09 Å². The number of hydrogen-bond donors (Lipinski definition) is 1. The summed E-state index contributed by atoms with van der Waals surface area (Å²) in [7, 11) is 0. The second kappa shape index (κ2) is 3.99. The third-order valence-electron chi connectivity index (χ3n) is 3.14. The summed E-state index contributed by atoms with van der Waals surface area (Å²) in [4.78, 5) is 24.8. The second-order valence-corrected chi connectivity index (χ2v) is 7.06. The highest BCUT2D eigenvalue weighted by Crippen LogP contribution is 2.65. The maximum Gasteiger partial charge on any atom is 0.417 e. The van der Waals surface area contributed by atoms with Crippen molar-refractivity contribution >= 4 is 35.2 Å². The summed E-state index contributed by atoms with van der Waals surface area (Å²) in [6.07, 6.45) is -0.761. The summed E-state index contributed by atoms with van der Waals surface area (Å²) in [6.45, 7) is 4.74. The predicted octanol–water partition coefficient (Wildman–Crippen LogP) is 1.54. The number of rotatable bonds is 1. The smallest absolute Gasteiger partial charge is 0.417 e. The van der Waals surface area contributed by atoms with Gasteiger partial charge in [0.2, 0.25) is 5.91 Å². The molecule has 1 aliphatic carbocycles. The van der Waals surface area contributed by atoms with E-state index < -0.39 is 39.8 Å². The van der Waals surface area contributed by atoms with Crippen LogP contribution in [0.2, 0.25) is 0 Å². The molecule has 5 nitrogen and oxygen atoms in total. The molecule has 1 aliphatic heterocycles. The first-order valence-corrected chi connectivity index (χ1v) is 6.41. The molecule has 0 radical (unpaired) electrons. The molecule has 7 heteroatoms. The number of carbonyl (C=O) groups is 2. The normalized spacial score (nSPS) is 33.3. The van der Waals surface area contributed by atoms with E-state index in [2.05, 4.69) is 0 Å². The van der Waals surface area contributed by atoms with Gasteiger partial charge in [0.05, 0.1) is 18.6 Å². The molecular weight excluding hydrogens is 281 g/mol. The quantitative estimate of drug-likeness (QED) is 0.745. The number of imide groups is 1. The highest BCUT2D eigenvalue weighted by atomic mass is 35.5. The Morgan fingerprint density at radius 1 is 1.50 bits per heavy atom. The van der Waals surface area contributed by atoms with Crippen LogP contribution in [0, 0.1) is 11.8 Å². The van der Waals surface area contributed by atoms with Gasteiger partial charge in [0.25, 0.3) is 0 Å². The Morgan fingerprint density at radius 3 is 2.50 bits per heavy atom. The Bertz CT molecular complexity index is 404. The van der Waals surface area contributed by atoms with Crippen LogP contribution in [0.15, 0.2) is 0 Å². The van der Waals surface area contributed by atoms with E-state index in [4.69, 9.17) is 27.9 Å². The van der Waals surface area contributed by atoms with Gasteiger partial charge in [-0.1, -0.05) is 0 Å². The third-order valence-corrected chi connectivity index (χ3v) is 4.11. The fourth-order valence-corrected chi connectivity index (χ4v) is 3.23. The number of piperidine rings is 1. The monoisotopic (exact) mass is 295 g/mol. The van der Waals surface area contributed by atoms with Crippen LogP contribution in [-0.4, -0.2) is 44.6 Å². The predicted molar refractivity (Wildman–Crippen MR) is 65.4 cm³/mol. The first-order valence-electron chi connectivity index (χ1n) is 5.66. The highest BCUT2D eigenvalue weighted by Gasteiger charge is 2.77. The molecule has 0 bridgehead atoms. The van der Waals surface area contributed by atoms with Gasteiger partial charge in [0.15, 0.2) is 0 Å². The van der Waals surface area contributed by atoms with Gasteiger partial charge in [-0.25, -0.2) is 9.69 Å². The minimum absolute atomic E-state index is 0.368. The molecule has 1 heterocycles. The van der Waals surface area contributed by atoms with Crippen LogP contribution in [0.1, 0.15) is 20.8 Å². The third kappa shape index (κ3) is 1.98. The molecule has 2 fully saturated rings. The molecular formula is C11H15Cl2NO4. The van der Waals surface area contributed by atoms with Crippen molar-refractivity contribution in [1.29, 1.82) is 0 Å². The number of aliphatic hydroxyl groups is 1. The van der Waals surface area contributed by atoms with Crippen molar-refractivity contribution in [3.05, 3.63) is 0 Å². The van der Waals surface area contributed by atoms with E-state index >= 15 is 0 Å². The zero-order valence-electron chi connectivity index (χ0n) is 10.3. The molecule has 0 aromatic carbocycles. The molecule has 18 heavy (non-hydrogen) atoms. The fraction of sp³-hybridized carbons (Fsp3) is 0.818. The summed E-state index contributed by atoms with van der Waals surface area (Å²) in [5.41, 5.74) is -0.705. The van der Waals surface area contributed by atoms with Crippen LogP contribution >= 0.6 is 23.2 Å². The van der Waals surface area contributed by atoms with Gasteiger partial charge in [-0.3, -0.25) is 4.79 Å². The lowest BCUT2D eigenvalue weighted by Crippen LogP contribution is -2.48. The van der Waals surface area contributed by atoms with Gasteiger partial charge in [-0.15, -0.1) is 23.2 Å².